The maximum Gasteiger partial charge on any atom is 0.254 e. The van der Waals surface area contributed by atoms with Gasteiger partial charge in [0.05, 0.1) is 0 Å². The van der Waals surface area contributed by atoms with E-state index in [1.54, 1.807) is 19.9 Å². The molecule has 2 rings (SSSR count). The SMILES string of the molecule is Cc1cc(F)cc(-c2nc(C)c(CCO)c(=O)[nH]2)c1. The first-order valence-corrected chi connectivity index (χ1v) is 5.99. The summed E-state index contributed by atoms with van der Waals surface area (Å²) in [5.41, 5.74) is 2.01. The number of aliphatic hydroxyl groups excluding tert-OH is 1. The van der Waals surface area contributed by atoms with Crippen LogP contribution in [0.4, 0.5) is 4.39 Å². The smallest absolute Gasteiger partial charge is 0.254 e. The lowest BCUT2D eigenvalue weighted by atomic mass is 10.1. The van der Waals surface area contributed by atoms with E-state index in [1.165, 1.54) is 12.1 Å². The summed E-state index contributed by atoms with van der Waals surface area (Å²) in [4.78, 5) is 18.8. The third kappa shape index (κ3) is 2.88. The molecule has 0 amide bonds. The molecule has 0 aliphatic rings. The lowest BCUT2D eigenvalue weighted by Crippen LogP contribution is -2.18. The van der Waals surface area contributed by atoms with Crippen molar-refractivity contribution in [3.05, 3.63) is 51.2 Å². The number of aliphatic hydroxyl groups is 1. The van der Waals surface area contributed by atoms with Gasteiger partial charge in [-0.3, -0.25) is 4.79 Å². The average molecular weight is 262 g/mol. The van der Waals surface area contributed by atoms with E-state index in [0.29, 0.717) is 22.6 Å². The molecule has 19 heavy (non-hydrogen) atoms. The highest BCUT2D eigenvalue weighted by Crippen LogP contribution is 2.18. The van der Waals surface area contributed by atoms with Crippen molar-refractivity contribution in [1.29, 1.82) is 0 Å². The van der Waals surface area contributed by atoms with Crippen LogP contribution in [0.1, 0.15) is 16.8 Å². The first kappa shape index (κ1) is 13.4. The minimum absolute atomic E-state index is 0.107. The molecule has 0 bridgehead atoms. The third-order valence-corrected chi connectivity index (χ3v) is 2.90. The standard InChI is InChI=1S/C14H15FN2O2/c1-8-5-10(7-11(15)6-8)13-16-9(2)12(3-4-18)14(19)17-13/h5-7,18H,3-4H2,1-2H3,(H,16,17,19). The van der Waals surface area contributed by atoms with Crippen molar-refractivity contribution in [3.63, 3.8) is 0 Å². The predicted octanol–water partition coefficient (Wildman–Crippen LogP) is 1.73. The van der Waals surface area contributed by atoms with Gasteiger partial charge in [-0.2, -0.15) is 0 Å². The monoisotopic (exact) mass is 262 g/mol. The van der Waals surface area contributed by atoms with Gasteiger partial charge in [-0.15, -0.1) is 0 Å². The van der Waals surface area contributed by atoms with Gasteiger partial charge in [-0.1, -0.05) is 0 Å². The van der Waals surface area contributed by atoms with Gasteiger partial charge in [0.1, 0.15) is 11.6 Å². The zero-order chi connectivity index (χ0) is 14.0. The van der Waals surface area contributed by atoms with Crippen molar-refractivity contribution in [2.24, 2.45) is 0 Å². The molecular formula is C14H15FN2O2. The van der Waals surface area contributed by atoms with Gasteiger partial charge in [0, 0.05) is 29.8 Å². The molecule has 0 unspecified atom stereocenters. The van der Waals surface area contributed by atoms with E-state index < -0.39 is 0 Å². The van der Waals surface area contributed by atoms with Crippen molar-refractivity contribution in [3.8, 4) is 11.4 Å². The quantitative estimate of drug-likeness (QED) is 0.885. The minimum Gasteiger partial charge on any atom is -0.396 e. The Labute approximate surface area is 110 Å². The van der Waals surface area contributed by atoms with Crippen molar-refractivity contribution >= 4 is 0 Å². The van der Waals surface area contributed by atoms with Crippen LogP contribution in [-0.2, 0) is 6.42 Å². The molecule has 1 aromatic heterocycles. The van der Waals surface area contributed by atoms with Crippen LogP contribution < -0.4 is 5.56 Å². The molecule has 4 nitrogen and oxygen atoms in total. The van der Waals surface area contributed by atoms with Crippen LogP contribution in [0.2, 0.25) is 0 Å². The van der Waals surface area contributed by atoms with Crippen LogP contribution in [-0.4, -0.2) is 21.7 Å². The average Bonchev–Trinajstić information content (AvgIpc) is 2.32. The second-order valence-corrected chi connectivity index (χ2v) is 4.47. The lowest BCUT2D eigenvalue weighted by Gasteiger charge is -2.07. The summed E-state index contributed by atoms with van der Waals surface area (Å²) in [6.45, 7) is 3.37. The highest BCUT2D eigenvalue weighted by Gasteiger charge is 2.10. The van der Waals surface area contributed by atoms with Crippen LogP contribution in [0, 0.1) is 19.7 Å². The Morgan fingerprint density at radius 2 is 2.05 bits per heavy atom. The van der Waals surface area contributed by atoms with E-state index in [-0.39, 0.29) is 24.4 Å². The summed E-state index contributed by atoms with van der Waals surface area (Å²) in [6, 6.07) is 4.50. The van der Waals surface area contributed by atoms with Gasteiger partial charge in [-0.25, -0.2) is 9.37 Å². The van der Waals surface area contributed by atoms with E-state index in [4.69, 9.17) is 5.11 Å². The topological polar surface area (TPSA) is 66.0 Å². The number of halogens is 1. The van der Waals surface area contributed by atoms with Crippen LogP contribution >= 0.6 is 0 Å². The summed E-state index contributed by atoms with van der Waals surface area (Å²) in [5, 5.41) is 8.90. The van der Waals surface area contributed by atoms with E-state index in [2.05, 4.69) is 9.97 Å². The molecule has 5 heteroatoms. The van der Waals surface area contributed by atoms with Gasteiger partial charge >= 0.3 is 0 Å². The number of nitrogens with zero attached hydrogens (tertiary/aromatic N) is 1. The molecule has 0 spiro atoms. The van der Waals surface area contributed by atoms with Crippen LogP contribution in [0.25, 0.3) is 11.4 Å². The van der Waals surface area contributed by atoms with Crippen molar-refractivity contribution in [2.45, 2.75) is 20.3 Å². The lowest BCUT2D eigenvalue weighted by molar-refractivity contribution is 0.298. The number of aromatic nitrogens is 2. The third-order valence-electron chi connectivity index (χ3n) is 2.90. The number of aromatic amines is 1. The second-order valence-electron chi connectivity index (χ2n) is 4.47. The fraction of sp³-hybridized carbons (Fsp3) is 0.286. The van der Waals surface area contributed by atoms with E-state index in [9.17, 15) is 9.18 Å². The molecule has 0 saturated heterocycles. The van der Waals surface area contributed by atoms with E-state index in [1.807, 2.05) is 0 Å². The van der Waals surface area contributed by atoms with Crippen molar-refractivity contribution in [2.75, 3.05) is 6.61 Å². The Bertz CT molecular complexity index is 645. The molecule has 0 atom stereocenters. The zero-order valence-electron chi connectivity index (χ0n) is 10.8. The molecule has 2 N–H and O–H groups in total. The van der Waals surface area contributed by atoms with Crippen molar-refractivity contribution < 1.29 is 9.50 Å². The van der Waals surface area contributed by atoms with Crippen LogP contribution in [0.5, 0.6) is 0 Å². The van der Waals surface area contributed by atoms with Crippen LogP contribution in [0.15, 0.2) is 23.0 Å². The number of nitrogens with one attached hydrogen (secondary N) is 1. The molecule has 2 aromatic rings. The summed E-state index contributed by atoms with van der Waals surface area (Å²) in [6.07, 6.45) is 0.261. The molecule has 0 aliphatic carbocycles. The zero-order valence-corrected chi connectivity index (χ0v) is 10.8. The molecule has 100 valence electrons. The highest BCUT2D eigenvalue weighted by molar-refractivity contribution is 5.56. The summed E-state index contributed by atoms with van der Waals surface area (Å²) >= 11 is 0. The molecule has 0 saturated carbocycles. The number of hydrogen-bond acceptors (Lipinski definition) is 3. The van der Waals surface area contributed by atoms with E-state index >= 15 is 0 Å². The normalized spacial score (nSPS) is 10.7. The Balaban J connectivity index is 2.55. The summed E-state index contributed by atoms with van der Waals surface area (Å²) in [5.74, 6) is -0.0264. The fourth-order valence-electron chi connectivity index (χ4n) is 2.03. The number of rotatable bonds is 3. The molecular weight excluding hydrogens is 247 g/mol. The maximum absolute atomic E-state index is 13.4. The number of hydrogen-bond donors (Lipinski definition) is 2. The molecule has 1 heterocycles. The molecule has 1 aromatic carbocycles. The van der Waals surface area contributed by atoms with Gasteiger partial charge in [0.2, 0.25) is 0 Å². The number of aryl methyl sites for hydroxylation is 2. The molecule has 0 aliphatic heterocycles. The summed E-state index contributed by atoms with van der Waals surface area (Å²) < 4.78 is 13.4. The Kier molecular flexibility index (Phi) is 3.76. The largest absolute Gasteiger partial charge is 0.396 e. The first-order valence-electron chi connectivity index (χ1n) is 5.99. The molecule has 0 fully saturated rings. The fourth-order valence-corrected chi connectivity index (χ4v) is 2.03. The maximum atomic E-state index is 13.4. The first-order chi connectivity index (χ1) is 9.01. The Hall–Kier alpha value is -2.01. The predicted molar refractivity (Wildman–Crippen MR) is 70.5 cm³/mol. The number of benzene rings is 1. The number of H-pyrrole nitrogens is 1. The van der Waals surface area contributed by atoms with Gasteiger partial charge < -0.3 is 10.1 Å². The Morgan fingerprint density at radius 3 is 2.63 bits per heavy atom. The highest BCUT2D eigenvalue weighted by atomic mass is 19.1. The van der Waals surface area contributed by atoms with Gasteiger partial charge in [-0.05, 0) is 37.6 Å². The molecule has 0 radical (unpaired) electrons. The van der Waals surface area contributed by atoms with E-state index in [0.717, 1.165) is 5.56 Å². The van der Waals surface area contributed by atoms with Crippen LogP contribution in [0.3, 0.4) is 0 Å². The van der Waals surface area contributed by atoms with Crippen molar-refractivity contribution in [1.82, 2.24) is 9.97 Å². The Morgan fingerprint density at radius 1 is 1.32 bits per heavy atom. The van der Waals surface area contributed by atoms with Gasteiger partial charge in [0.15, 0.2) is 0 Å². The van der Waals surface area contributed by atoms with Gasteiger partial charge in [0.25, 0.3) is 5.56 Å². The minimum atomic E-state index is -0.366. The summed E-state index contributed by atoms with van der Waals surface area (Å²) in [7, 11) is 0. The second kappa shape index (κ2) is 5.32.